The molecule has 1 nitrogen and oxygen atoms in total. The first-order valence-corrected chi connectivity index (χ1v) is 2.73. The van der Waals surface area contributed by atoms with Gasteiger partial charge in [-0.3, -0.25) is 0 Å². The quantitative estimate of drug-likeness (QED) is 0.649. The summed E-state index contributed by atoms with van der Waals surface area (Å²) in [6, 6.07) is 0.250. The molecule has 0 fully saturated rings. The van der Waals surface area contributed by atoms with E-state index in [0.717, 1.165) is 0 Å². The van der Waals surface area contributed by atoms with Crippen molar-refractivity contribution in [2.75, 3.05) is 0 Å². The second-order valence-electron chi connectivity index (χ2n) is 2.30. The first-order valence-electron chi connectivity index (χ1n) is 2.73. The van der Waals surface area contributed by atoms with E-state index < -0.39 is 0 Å². The van der Waals surface area contributed by atoms with E-state index in [4.69, 9.17) is 5.73 Å². The van der Waals surface area contributed by atoms with E-state index >= 15 is 0 Å². The Morgan fingerprint density at radius 1 is 1.25 bits per heavy atom. The van der Waals surface area contributed by atoms with E-state index in [1.807, 2.05) is 6.92 Å². The van der Waals surface area contributed by atoms with Crippen molar-refractivity contribution in [1.29, 1.82) is 0 Å². The van der Waals surface area contributed by atoms with Crippen molar-refractivity contribution >= 4 is 0 Å². The molecule has 0 aliphatic heterocycles. The van der Waals surface area contributed by atoms with E-state index in [2.05, 4.69) is 20.3 Å². The molecule has 0 bridgehead atoms. The Bertz CT molecular complexity index is 37.8. The molecule has 8 heavy (non-hydrogen) atoms. The first kappa shape index (κ1) is 11.8. The zero-order valence-corrected chi connectivity index (χ0v) is 8.73. The Kier molecular flexibility index (Phi) is 9.14. The third-order valence-corrected chi connectivity index (χ3v) is 0.688. The molecule has 0 aliphatic carbocycles. The maximum absolute atomic E-state index is 5.44. The Balaban J connectivity index is 0. The molecule has 1 radical (unpaired) electrons. The van der Waals surface area contributed by atoms with Gasteiger partial charge in [0.25, 0.3) is 0 Å². The van der Waals surface area contributed by atoms with Crippen LogP contribution in [0, 0.1) is 12.3 Å². The molecular formula is C6H14NY-. The number of hydrogen-bond donors (Lipinski definition) is 1. The van der Waals surface area contributed by atoms with Crippen LogP contribution in [-0.4, -0.2) is 6.04 Å². The van der Waals surface area contributed by atoms with Crippen LogP contribution in [0.15, 0.2) is 0 Å². The average Bonchev–Trinajstić information content (AvgIpc) is 1.27. The summed E-state index contributed by atoms with van der Waals surface area (Å²) in [6.07, 6.45) is 2.11. The van der Waals surface area contributed by atoms with Gasteiger partial charge in [-0.25, -0.2) is 0 Å². The van der Waals surface area contributed by atoms with Gasteiger partial charge in [0.15, 0.2) is 0 Å². The van der Waals surface area contributed by atoms with Crippen molar-refractivity contribution in [2.45, 2.75) is 26.8 Å². The van der Waals surface area contributed by atoms with E-state index in [0.29, 0.717) is 5.92 Å². The van der Waals surface area contributed by atoms with E-state index in [1.54, 1.807) is 0 Å². The van der Waals surface area contributed by atoms with E-state index in [-0.39, 0.29) is 38.8 Å². The minimum absolute atomic E-state index is 0. The van der Waals surface area contributed by atoms with Crippen molar-refractivity contribution < 1.29 is 32.7 Å². The standard InChI is InChI=1S/C6H14N.Y/c1-5(2)4-6(3)7;/h4-6H,7H2,1-3H3;/q-1;. The summed E-state index contributed by atoms with van der Waals surface area (Å²) in [5.74, 6) is 0.625. The Labute approximate surface area is 77.3 Å². The predicted molar refractivity (Wildman–Crippen MR) is 32.8 cm³/mol. The van der Waals surface area contributed by atoms with E-state index in [1.165, 1.54) is 0 Å². The van der Waals surface area contributed by atoms with Crippen LogP contribution in [0.3, 0.4) is 0 Å². The second kappa shape index (κ2) is 6.19. The summed E-state index contributed by atoms with van der Waals surface area (Å²) in [7, 11) is 0. The smallest absolute Gasteiger partial charge is 0 e. The Morgan fingerprint density at radius 2 is 1.62 bits per heavy atom. The van der Waals surface area contributed by atoms with Crippen LogP contribution in [0.2, 0.25) is 0 Å². The molecule has 0 aromatic carbocycles. The molecule has 1 unspecified atom stereocenters. The summed E-state index contributed by atoms with van der Waals surface area (Å²) < 4.78 is 0. The molecule has 0 aromatic heterocycles. The molecule has 0 heterocycles. The Morgan fingerprint density at radius 3 is 1.62 bits per heavy atom. The van der Waals surface area contributed by atoms with Crippen LogP contribution in [0.5, 0.6) is 0 Å². The largest absolute Gasteiger partial charge is 0.357 e. The average molecular weight is 189 g/mol. The molecular weight excluding hydrogens is 175 g/mol. The van der Waals surface area contributed by atoms with Crippen LogP contribution in [0.25, 0.3) is 0 Å². The molecule has 0 saturated heterocycles. The maximum atomic E-state index is 5.44. The third kappa shape index (κ3) is 10.1. The van der Waals surface area contributed by atoms with Crippen molar-refractivity contribution in [3.8, 4) is 0 Å². The normalized spacial score (nSPS) is 13.1. The zero-order chi connectivity index (χ0) is 5.86. The van der Waals surface area contributed by atoms with Crippen LogP contribution < -0.4 is 5.73 Å². The third-order valence-electron chi connectivity index (χ3n) is 0.688. The number of hydrogen-bond acceptors (Lipinski definition) is 1. The summed E-state index contributed by atoms with van der Waals surface area (Å²) in [5.41, 5.74) is 5.44. The molecule has 0 rings (SSSR count). The molecule has 1 atom stereocenters. The summed E-state index contributed by atoms with van der Waals surface area (Å²) in [6.45, 7) is 6.24. The predicted octanol–water partition coefficient (Wildman–Crippen LogP) is 1.19. The van der Waals surface area contributed by atoms with Crippen molar-refractivity contribution in [3.05, 3.63) is 6.42 Å². The molecule has 2 heteroatoms. The summed E-state index contributed by atoms with van der Waals surface area (Å²) in [4.78, 5) is 0. The zero-order valence-electron chi connectivity index (χ0n) is 5.89. The fourth-order valence-corrected chi connectivity index (χ4v) is 0.607. The SMILES string of the molecule is CC(C)[CH-]C(C)N.[Y]. The van der Waals surface area contributed by atoms with Gasteiger partial charge < -0.3 is 12.2 Å². The van der Waals surface area contributed by atoms with Crippen LogP contribution in [0.1, 0.15) is 20.8 Å². The molecule has 0 aromatic rings. The minimum atomic E-state index is 0. The van der Waals surface area contributed by atoms with Gasteiger partial charge in [-0.2, -0.15) is 5.92 Å². The molecule has 0 aliphatic rings. The van der Waals surface area contributed by atoms with E-state index in [9.17, 15) is 0 Å². The first-order chi connectivity index (χ1) is 3.13. The molecule has 2 N–H and O–H groups in total. The van der Waals surface area contributed by atoms with Crippen LogP contribution in [0.4, 0.5) is 0 Å². The summed E-state index contributed by atoms with van der Waals surface area (Å²) in [5, 5.41) is 0. The van der Waals surface area contributed by atoms with Gasteiger partial charge in [0.05, 0.1) is 0 Å². The van der Waals surface area contributed by atoms with Gasteiger partial charge in [0, 0.05) is 32.7 Å². The molecule has 0 spiro atoms. The fourth-order valence-electron chi connectivity index (χ4n) is 0.607. The molecule has 47 valence electrons. The fraction of sp³-hybridized carbons (Fsp3) is 0.833. The minimum Gasteiger partial charge on any atom is -0.357 e. The van der Waals surface area contributed by atoms with Gasteiger partial charge in [-0.1, -0.05) is 20.8 Å². The molecule has 0 amide bonds. The van der Waals surface area contributed by atoms with Crippen molar-refractivity contribution in [2.24, 2.45) is 11.7 Å². The summed E-state index contributed by atoms with van der Waals surface area (Å²) >= 11 is 0. The number of rotatable bonds is 2. The topological polar surface area (TPSA) is 26.0 Å². The maximum Gasteiger partial charge on any atom is 0 e. The van der Waals surface area contributed by atoms with Crippen LogP contribution >= 0.6 is 0 Å². The Hall–Kier alpha value is 1.06. The van der Waals surface area contributed by atoms with Gasteiger partial charge in [0.2, 0.25) is 0 Å². The van der Waals surface area contributed by atoms with Gasteiger partial charge in [-0.05, 0) is 0 Å². The van der Waals surface area contributed by atoms with Gasteiger partial charge in [0.1, 0.15) is 0 Å². The van der Waals surface area contributed by atoms with Gasteiger partial charge in [-0.15, -0.1) is 6.04 Å². The van der Waals surface area contributed by atoms with Crippen molar-refractivity contribution in [3.63, 3.8) is 0 Å². The van der Waals surface area contributed by atoms with Crippen LogP contribution in [-0.2, 0) is 32.7 Å². The second-order valence-corrected chi connectivity index (χ2v) is 2.30. The monoisotopic (exact) mass is 189 g/mol. The van der Waals surface area contributed by atoms with Crippen molar-refractivity contribution in [1.82, 2.24) is 0 Å². The number of nitrogens with two attached hydrogens (primary N) is 1. The van der Waals surface area contributed by atoms with Gasteiger partial charge >= 0.3 is 0 Å². The molecule has 0 saturated carbocycles.